The Labute approximate surface area is 112 Å². The fourth-order valence-corrected chi connectivity index (χ4v) is 2.43. The zero-order valence-electron chi connectivity index (χ0n) is 9.75. The van der Waals surface area contributed by atoms with Crippen LogP contribution in [0, 0.1) is 5.92 Å². The van der Waals surface area contributed by atoms with E-state index in [0.717, 1.165) is 11.0 Å². The van der Waals surface area contributed by atoms with Crippen LogP contribution >= 0.6 is 11.6 Å². The second kappa shape index (κ2) is 5.02. The fourth-order valence-electron chi connectivity index (χ4n) is 2.15. The van der Waals surface area contributed by atoms with E-state index in [0.29, 0.717) is 0 Å². The molecule has 0 bridgehead atoms. The maximum Gasteiger partial charge on any atom is 0.419 e. The molecule has 1 aromatic carbocycles. The molecule has 0 aromatic heterocycles. The van der Waals surface area contributed by atoms with E-state index in [-0.39, 0.29) is 31.2 Å². The lowest BCUT2D eigenvalue weighted by molar-refractivity contribution is -0.137. The number of rotatable bonds is 2. The Morgan fingerprint density at radius 3 is 2.63 bits per heavy atom. The zero-order valence-corrected chi connectivity index (χ0v) is 10.5. The summed E-state index contributed by atoms with van der Waals surface area (Å²) in [5.74, 6) is -0.778. The number of hydrogen-bond donors (Lipinski definition) is 1. The summed E-state index contributed by atoms with van der Waals surface area (Å²) in [6.45, 7) is -0.164. The van der Waals surface area contributed by atoms with Crippen LogP contribution in [0.3, 0.4) is 0 Å². The number of aliphatic hydroxyl groups excluding tert-OH is 1. The lowest BCUT2D eigenvalue weighted by atomic mass is 10.1. The molecule has 1 N–H and O–H groups in total. The van der Waals surface area contributed by atoms with Crippen LogP contribution in [0.15, 0.2) is 18.2 Å². The van der Waals surface area contributed by atoms with Crippen molar-refractivity contribution in [1.82, 2.24) is 0 Å². The lowest BCUT2D eigenvalue weighted by Gasteiger charge is -2.22. The first kappa shape index (κ1) is 14.1. The lowest BCUT2D eigenvalue weighted by Crippen LogP contribution is -2.27. The van der Waals surface area contributed by atoms with Gasteiger partial charge in [-0.2, -0.15) is 13.2 Å². The van der Waals surface area contributed by atoms with Crippen molar-refractivity contribution in [3.8, 4) is 0 Å². The molecule has 1 heterocycles. The number of alkyl halides is 3. The second-order valence-electron chi connectivity index (χ2n) is 4.39. The molecular formula is C12H11ClF3NO2. The topological polar surface area (TPSA) is 40.5 Å². The standard InChI is InChI=1S/C12H11ClF3NO2/c13-8-2-1-3-9(11(8)12(14,15)16)17-5-7(6-18)4-10(17)19/h1-3,7,18H,4-6H2. The average molecular weight is 294 g/mol. The van der Waals surface area contributed by atoms with Gasteiger partial charge in [-0.15, -0.1) is 0 Å². The summed E-state index contributed by atoms with van der Waals surface area (Å²) in [7, 11) is 0. The Morgan fingerprint density at radius 1 is 1.42 bits per heavy atom. The second-order valence-corrected chi connectivity index (χ2v) is 4.80. The minimum Gasteiger partial charge on any atom is -0.396 e. The first-order chi connectivity index (χ1) is 8.84. The Balaban J connectivity index is 2.46. The van der Waals surface area contributed by atoms with Crippen LogP contribution in [0.5, 0.6) is 0 Å². The van der Waals surface area contributed by atoms with E-state index in [2.05, 4.69) is 0 Å². The molecule has 1 aromatic rings. The van der Waals surface area contributed by atoms with E-state index in [1.54, 1.807) is 0 Å². The molecule has 1 aliphatic heterocycles. The number of hydrogen-bond acceptors (Lipinski definition) is 2. The van der Waals surface area contributed by atoms with Gasteiger partial charge in [0.05, 0.1) is 16.3 Å². The Kier molecular flexibility index (Phi) is 3.73. The Hall–Kier alpha value is -1.27. The van der Waals surface area contributed by atoms with E-state index in [1.165, 1.54) is 12.1 Å². The number of anilines is 1. The van der Waals surface area contributed by atoms with Gasteiger partial charge in [0.25, 0.3) is 0 Å². The number of amides is 1. The number of aliphatic hydroxyl groups is 1. The van der Waals surface area contributed by atoms with Crippen LogP contribution < -0.4 is 4.90 Å². The number of halogens is 4. The van der Waals surface area contributed by atoms with Crippen molar-refractivity contribution in [3.05, 3.63) is 28.8 Å². The number of carbonyl (C=O) groups excluding carboxylic acids is 1. The third-order valence-corrected chi connectivity index (χ3v) is 3.34. The highest BCUT2D eigenvalue weighted by Gasteiger charge is 2.40. The van der Waals surface area contributed by atoms with Gasteiger partial charge in [-0.1, -0.05) is 17.7 Å². The van der Waals surface area contributed by atoms with E-state index < -0.39 is 22.7 Å². The van der Waals surface area contributed by atoms with Gasteiger partial charge in [-0.05, 0) is 12.1 Å². The molecular weight excluding hydrogens is 283 g/mol. The summed E-state index contributed by atoms with van der Waals surface area (Å²) < 4.78 is 39.0. The van der Waals surface area contributed by atoms with Crippen LogP contribution in [-0.4, -0.2) is 24.2 Å². The van der Waals surface area contributed by atoms with Gasteiger partial charge < -0.3 is 10.0 Å². The summed E-state index contributed by atoms with van der Waals surface area (Å²) >= 11 is 5.60. The van der Waals surface area contributed by atoms with E-state index >= 15 is 0 Å². The highest BCUT2D eigenvalue weighted by Crippen LogP contribution is 2.42. The highest BCUT2D eigenvalue weighted by atomic mass is 35.5. The summed E-state index contributed by atoms with van der Waals surface area (Å²) in [6.07, 6.45) is -4.59. The van der Waals surface area contributed by atoms with Crippen LogP contribution in [0.2, 0.25) is 5.02 Å². The molecule has 3 nitrogen and oxygen atoms in total. The first-order valence-corrected chi connectivity index (χ1v) is 5.99. The summed E-state index contributed by atoms with van der Waals surface area (Å²) in [5, 5.41) is 8.57. The predicted octanol–water partition coefficient (Wildman–Crippen LogP) is 2.70. The molecule has 1 saturated heterocycles. The van der Waals surface area contributed by atoms with Crippen molar-refractivity contribution in [2.45, 2.75) is 12.6 Å². The first-order valence-electron chi connectivity index (χ1n) is 5.61. The van der Waals surface area contributed by atoms with E-state index in [1.807, 2.05) is 0 Å². The molecule has 104 valence electrons. The third-order valence-electron chi connectivity index (χ3n) is 3.03. The summed E-state index contributed by atoms with van der Waals surface area (Å²) in [6, 6.07) is 3.72. The van der Waals surface area contributed by atoms with Crippen molar-refractivity contribution >= 4 is 23.2 Å². The zero-order chi connectivity index (χ0) is 14.2. The van der Waals surface area contributed by atoms with Gasteiger partial charge in [0.2, 0.25) is 5.91 Å². The molecule has 1 atom stereocenters. The van der Waals surface area contributed by atoms with Crippen molar-refractivity contribution < 1.29 is 23.1 Å². The van der Waals surface area contributed by atoms with Crippen LogP contribution in [0.4, 0.5) is 18.9 Å². The maximum absolute atomic E-state index is 13.0. The molecule has 1 amide bonds. The molecule has 0 radical (unpaired) electrons. The van der Waals surface area contributed by atoms with Gasteiger partial charge in [-0.25, -0.2) is 0 Å². The average Bonchev–Trinajstić information content (AvgIpc) is 2.68. The van der Waals surface area contributed by atoms with Gasteiger partial charge >= 0.3 is 6.18 Å². The van der Waals surface area contributed by atoms with Gasteiger partial charge in [-0.3, -0.25) is 4.79 Å². The largest absolute Gasteiger partial charge is 0.419 e. The van der Waals surface area contributed by atoms with Crippen molar-refractivity contribution in [3.63, 3.8) is 0 Å². The smallest absolute Gasteiger partial charge is 0.396 e. The molecule has 0 spiro atoms. The molecule has 1 fully saturated rings. The Bertz CT molecular complexity index is 504. The van der Waals surface area contributed by atoms with Crippen LogP contribution in [0.25, 0.3) is 0 Å². The van der Waals surface area contributed by atoms with Gasteiger partial charge in [0.15, 0.2) is 0 Å². The fraction of sp³-hybridized carbons (Fsp3) is 0.417. The SMILES string of the molecule is O=C1CC(CO)CN1c1cccc(Cl)c1C(F)(F)F. The minimum absolute atomic E-state index is 0.0420. The summed E-state index contributed by atoms with van der Waals surface area (Å²) in [4.78, 5) is 12.8. The Morgan fingerprint density at radius 2 is 2.11 bits per heavy atom. The van der Waals surface area contributed by atoms with Crippen molar-refractivity contribution in [2.75, 3.05) is 18.1 Å². The van der Waals surface area contributed by atoms with Gasteiger partial charge in [0, 0.05) is 25.5 Å². The normalized spacial score (nSPS) is 20.2. The third kappa shape index (κ3) is 2.69. The molecule has 0 saturated carbocycles. The van der Waals surface area contributed by atoms with Crippen LogP contribution in [-0.2, 0) is 11.0 Å². The molecule has 1 aliphatic rings. The van der Waals surface area contributed by atoms with Gasteiger partial charge in [0.1, 0.15) is 0 Å². The highest BCUT2D eigenvalue weighted by molar-refractivity contribution is 6.32. The number of nitrogens with zero attached hydrogens (tertiary/aromatic N) is 1. The van der Waals surface area contributed by atoms with E-state index in [4.69, 9.17) is 16.7 Å². The summed E-state index contributed by atoms with van der Waals surface area (Å²) in [5.41, 5.74) is -1.26. The van der Waals surface area contributed by atoms with Crippen LogP contribution in [0.1, 0.15) is 12.0 Å². The maximum atomic E-state index is 13.0. The molecule has 19 heavy (non-hydrogen) atoms. The molecule has 0 aliphatic carbocycles. The van der Waals surface area contributed by atoms with Crippen molar-refractivity contribution in [1.29, 1.82) is 0 Å². The number of benzene rings is 1. The van der Waals surface area contributed by atoms with E-state index in [9.17, 15) is 18.0 Å². The minimum atomic E-state index is -4.63. The van der Waals surface area contributed by atoms with Crippen molar-refractivity contribution in [2.24, 2.45) is 5.92 Å². The molecule has 7 heteroatoms. The predicted molar refractivity (Wildman–Crippen MR) is 64.0 cm³/mol. The molecule has 2 rings (SSSR count). The monoisotopic (exact) mass is 293 g/mol. The quantitative estimate of drug-likeness (QED) is 0.911. The number of carbonyl (C=O) groups is 1. The molecule has 1 unspecified atom stereocenters.